The normalized spacial score (nSPS) is 22.7. The smallest absolute Gasteiger partial charge is 0.154 e. The summed E-state index contributed by atoms with van der Waals surface area (Å²) in [6, 6.07) is 0.261. The summed E-state index contributed by atoms with van der Waals surface area (Å²) < 4.78 is 1.77. The number of aromatic nitrogens is 3. The molecule has 0 fully saturated rings. The average molecular weight is 183 g/mol. The first-order chi connectivity index (χ1) is 5.84. The molecule has 0 bridgehead atoms. The Bertz CT molecular complexity index is 280. The molecule has 1 aliphatic rings. The van der Waals surface area contributed by atoms with Gasteiger partial charge < -0.3 is 5.73 Å². The summed E-state index contributed by atoms with van der Waals surface area (Å²) in [5.41, 5.74) is 5.52. The van der Waals surface area contributed by atoms with Crippen molar-refractivity contribution in [1.82, 2.24) is 14.8 Å². The van der Waals surface area contributed by atoms with Crippen LogP contribution >= 0.6 is 11.8 Å². The van der Waals surface area contributed by atoms with E-state index in [9.17, 15) is 0 Å². The first kappa shape index (κ1) is 7.60. The molecule has 5 nitrogen and oxygen atoms in total. The Morgan fingerprint density at radius 2 is 2.67 bits per heavy atom. The van der Waals surface area contributed by atoms with E-state index in [1.165, 1.54) is 6.33 Å². The second kappa shape index (κ2) is 3.14. The van der Waals surface area contributed by atoms with Gasteiger partial charge in [0.25, 0.3) is 0 Å². The fourth-order valence-corrected chi connectivity index (χ4v) is 1.84. The lowest BCUT2D eigenvalue weighted by Gasteiger charge is -2.03. The summed E-state index contributed by atoms with van der Waals surface area (Å²) in [6.45, 7) is 0.772. The molecule has 0 unspecified atom stereocenters. The molecule has 2 rings (SSSR count). The van der Waals surface area contributed by atoms with E-state index in [-0.39, 0.29) is 6.04 Å². The van der Waals surface area contributed by atoms with Crippen molar-refractivity contribution >= 4 is 16.9 Å². The quantitative estimate of drug-likeness (QED) is 0.684. The Morgan fingerprint density at radius 1 is 1.75 bits per heavy atom. The van der Waals surface area contributed by atoms with Gasteiger partial charge in [-0.3, -0.25) is 9.67 Å². The molecule has 0 saturated carbocycles. The van der Waals surface area contributed by atoms with Gasteiger partial charge in [0.2, 0.25) is 0 Å². The Kier molecular flexibility index (Phi) is 1.99. The minimum atomic E-state index is 0.261. The second-order valence-electron chi connectivity index (χ2n) is 2.55. The van der Waals surface area contributed by atoms with Gasteiger partial charge in [-0.2, -0.15) is 5.10 Å². The van der Waals surface area contributed by atoms with Crippen LogP contribution < -0.4 is 5.73 Å². The Hall–Kier alpha value is -1.04. The summed E-state index contributed by atoms with van der Waals surface area (Å²) >= 11 is 1.59. The molecule has 0 amide bonds. The standard InChI is InChI=1S/C6H9N5S/c7-6-10-5(2-12-6)1-11-4-8-3-9-11/h3-5H,1-2H2,(H2,7,10)/t5-/m0/s1. The third kappa shape index (κ3) is 1.58. The number of amidine groups is 1. The van der Waals surface area contributed by atoms with Gasteiger partial charge in [-0.05, 0) is 0 Å². The topological polar surface area (TPSA) is 69.1 Å². The third-order valence-corrected chi connectivity index (χ3v) is 2.55. The number of hydrogen-bond donors (Lipinski definition) is 1. The van der Waals surface area contributed by atoms with Gasteiger partial charge in [-0.15, -0.1) is 0 Å². The zero-order valence-corrected chi connectivity index (χ0v) is 7.24. The predicted octanol–water partition coefficient (Wildman–Crippen LogP) is -0.292. The van der Waals surface area contributed by atoms with Crippen LogP contribution in [-0.2, 0) is 6.54 Å². The van der Waals surface area contributed by atoms with E-state index >= 15 is 0 Å². The van der Waals surface area contributed by atoms with Crippen LogP contribution in [0.2, 0.25) is 0 Å². The SMILES string of the molecule is NC1=N[C@@H](Cn2cncn2)CS1. The predicted molar refractivity (Wildman–Crippen MR) is 47.9 cm³/mol. The van der Waals surface area contributed by atoms with E-state index in [1.54, 1.807) is 22.8 Å². The highest BCUT2D eigenvalue weighted by molar-refractivity contribution is 8.14. The molecule has 1 aromatic heterocycles. The first-order valence-corrected chi connectivity index (χ1v) is 4.61. The van der Waals surface area contributed by atoms with Crippen molar-refractivity contribution in [2.75, 3.05) is 5.75 Å². The maximum Gasteiger partial charge on any atom is 0.154 e. The van der Waals surface area contributed by atoms with Gasteiger partial charge in [0, 0.05) is 5.75 Å². The first-order valence-electron chi connectivity index (χ1n) is 3.63. The molecule has 2 heterocycles. The van der Waals surface area contributed by atoms with Gasteiger partial charge >= 0.3 is 0 Å². The molecular formula is C6H9N5S. The minimum Gasteiger partial charge on any atom is -0.379 e. The molecule has 0 radical (unpaired) electrons. The average Bonchev–Trinajstić information content (AvgIpc) is 2.63. The lowest BCUT2D eigenvalue weighted by molar-refractivity contribution is 0.548. The monoisotopic (exact) mass is 183 g/mol. The van der Waals surface area contributed by atoms with Gasteiger partial charge in [0.15, 0.2) is 5.17 Å². The van der Waals surface area contributed by atoms with Crippen molar-refractivity contribution in [2.45, 2.75) is 12.6 Å². The highest BCUT2D eigenvalue weighted by atomic mass is 32.2. The Balaban J connectivity index is 1.97. The number of aliphatic imine (C=N–C) groups is 1. The molecule has 1 aromatic rings. The molecule has 0 spiro atoms. The highest BCUT2D eigenvalue weighted by Gasteiger charge is 2.16. The van der Waals surface area contributed by atoms with E-state index < -0.39 is 0 Å². The van der Waals surface area contributed by atoms with Gasteiger partial charge in [0.05, 0.1) is 12.6 Å². The van der Waals surface area contributed by atoms with Crippen LogP contribution in [-0.4, -0.2) is 31.7 Å². The molecule has 0 aliphatic carbocycles. The fourth-order valence-electron chi connectivity index (χ4n) is 1.07. The van der Waals surface area contributed by atoms with Crippen molar-refractivity contribution in [3.8, 4) is 0 Å². The molecule has 1 atom stereocenters. The van der Waals surface area contributed by atoms with Crippen LogP contribution in [0.1, 0.15) is 0 Å². The molecule has 2 N–H and O–H groups in total. The van der Waals surface area contributed by atoms with Crippen molar-refractivity contribution in [3.63, 3.8) is 0 Å². The summed E-state index contributed by atoms with van der Waals surface area (Å²) in [5.74, 6) is 0.950. The fraction of sp³-hybridized carbons (Fsp3) is 0.500. The molecule has 0 aromatic carbocycles. The van der Waals surface area contributed by atoms with E-state index in [1.807, 2.05) is 0 Å². The van der Waals surface area contributed by atoms with E-state index in [4.69, 9.17) is 5.73 Å². The van der Waals surface area contributed by atoms with Crippen molar-refractivity contribution in [1.29, 1.82) is 0 Å². The number of rotatable bonds is 2. The molecule has 12 heavy (non-hydrogen) atoms. The number of hydrogen-bond acceptors (Lipinski definition) is 5. The Morgan fingerprint density at radius 3 is 3.25 bits per heavy atom. The van der Waals surface area contributed by atoms with Crippen LogP contribution in [0.15, 0.2) is 17.6 Å². The zero-order valence-electron chi connectivity index (χ0n) is 6.42. The maximum atomic E-state index is 5.52. The van der Waals surface area contributed by atoms with Crippen LogP contribution in [0.3, 0.4) is 0 Å². The number of nitrogens with two attached hydrogens (primary N) is 1. The van der Waals surface area contributed by atoms with Crippen LogP contribution in [0, 0.1) is 0 Å². The molecule has 1 aliphatic heterocycles. The van der Waals surface area contributed by atoms with Gasteiger partial charge in [-0.1, -0.05) is 11.8 Å². The molecule has 0 saturated heterocycles. The second-order valence-corrected chi connectivity index (χ2v) is 3.59. The van der Waals surface area contributed by atoms with E-state index in [2.05, 4.69) is 15.1 Å². The maximum absolute atomic E-state index is 5.52. The summed E-state index contributed by atoms with van der Waals surface area (Å²) in [7, 11) is 0. The van der Waals surface area contributed by atoms with Crippen molar-refractivity contribution in [3.05, 3.63) is 12.7 Å². The number of nitrogens with zero attached hydrogens (tertiary/aromatic N) is 4. The number of thioether (sulfide) groups is 1. The van der Waals surface area contributed by atoms with E-state index in [0.717, 1.165) is 12.3 Å². The van der Waals surface area contributed by atoms with Gasteiger partial charge in [-0.25, -0.2) is 4.98 Å². The van der Waals surface area contributed by atoms with Crippen LogP contribution in [0.5, 0.6) is 0 Å². The summed E-state index contributed by atoms with van der Waals surface area (Å²) in [4.78, 5) is 8.08. The van der Waals surface area contributed by atoms with Crippen LogP contribution in [0.4, 0.5) is 0 Å². The van der Waals surface area contributed by atoms with Crippen LogP contribution in [0.25, 0.3) is 0 Å². The van der Waals surface area contributed by atoms with E-state index in [0.29, 0.717) is 5.17 Å². The highest BCUT2D eigenvalue weighted by Crippen LogP contribution is 2.15. The molecular weight excluding hydrogens is 174 g/mol. The molecule has 64 valence electrons. The summed E-state index contributed by atoms with van der Waals surface area (Å²) in [5, 5.41) is 4.67. The third-order valence-electron chi connectivity index (χ3n) is 1.60. The van der Waals surface area contributed by atoms with Crippen molar-refractivity contribution < 1.29 is 0 Å². The minimum absolute atomic E-state index is 0.261. The summed E-state index contributed by atoms with van der Waals surface area (Å²) in [6.07, 6.45) is 3.21. The molecule has 6 heteroatoms. The van der Waals surface area contributed by atoms with Crippen molar-refractivity contribution in [2.24, 2.45) is 10.7 Å². The lowest BCUT2D eigenvalue weighted by Crippen LogP contribution is -2.14. The Labute approximate surface area is 74.1 Å². The van der Waals surface area contributed by atoms with Gasteiger partial charge in [0.1, 0.15) is 12.7 Å². The lowest BCUT2D eigenvalue weighted by atomic mass is 10.3. The zero-order chi connectivity index (χ0) is 8.39. The largest absolute Gasteiger partial charge is 0.379 e.